The van der Waals surface area contributed by atoms with Crippen molar-refractivity contribution in [3.05, 3.63) is 36.0 Å². The Morgan fingerprint density at radius 1 is 1.24 bits per heavy atom. The maximum Gasteiger partial charge on any atom is 0.194 e. The van der Waals surface area contributed by atoms with E-state index in [-0.39, 0.29) is 29.5 Å². The highest BCUT2D eigenvalue weighted by molar-refractivity contribution is 14.0. The van der Waals surface area contributed by atoms with Crippen molar-refractivity contribution in [2.75, 3.05) is 20.1 Å². The summed E-state index contributed by atoms with van der Waals surface area (Å²) in [7, 11) is 1.88. The third kappa shape index (κ3) is 3.66. The Kier molecular flexibility index (Phi) is 6.07. The Hall–Kier alpha value is -1.24. The van der Waals surface area contributed by atoms with Crippen LogP contribution in [0, 0.1) is 5.41 Å². The fourth-order valence-corrected chi connectivity index (χ4v) is 3.51. The number of para-hydroxylation sites is 1. The maximum absolute atomic E-state index is 4.48. The van der Waals surface area contributed by atoms with Gasteiger partial charge in [-0.15, -0.1) is 24.0 Å². The second kappa shape index (κ2) is 7.56. The predicted octanol–water partition coefficient (Wildman–Crippen LogP) is 4.41. The van der Waals surface area contributed by atoms with Gasteiger partial charge in [-0.25, -0.2) is 0 Å². The predicted molar refractivity (Wildman–Crippen MR) is 118 cm³/mol. The van der Waals surface area contributed by atoms with E-state index < -0.39 is 0 Å². The van der Waals surface area contributed by atoms with Gasteiger partial charge in [0.2, 0.25) is 0 Å². The second-order valence-corrected chi connectivity index (χ2v) is 7.97. The number of hydrogen-bond acceptors (Lipinski definition) is 1. The topological polar surface area (TPSA) is 43.4 Å². The van der Waals surface area contributed by atoms with Gasteiger partial charge in [0.05, 0.1) is 0 Å². The number of H-pyrrole nitrogens is 1. The van der Waals surface area contributed by atoms with Crippen LogP contribution in [0.5, 0.6) is 0 Å². The number of benzene rings is 1. The molecule has 2 aromatic rings. The number of aromatic amines is 1. The van der Waals surface area contributed by atoms with E-state index in [0.717, 1.165) is 31.9 Å². The number of rotatable bonds is 4. The van der Waals surface area contributed by atoms with Crippen LogP contribution in [0.15, 0.2) is 35.5 Å². The van der Waals surface area contributed by atoms with E-state index in [4.69, 9.17) is 0 Å². The summed E-state index contributed by atoms with van der Waals surface area (Å²) in [6, 6.07) is 8.50. The monoisotopic (exact) mass is 454 g/mol. The third-order valence-electron chi connectivity index (χ3n) is 5.93. The van der Waals surface area contributed by atoms with Crippen LogP contribution in [0.1, 0.15) is 39.7 Å². The van der Waals surface area contributed by atoms with Crippen LogP contribution in [0.3, 0.4) is 0 Å². The molecule has 0 radical (unpaired) electrons. The zero-order chi connectivity index (χ0) is 17.4. The molecule has 0 amide bonds. The number of guanidine groups is 1. The number of nitrogens with zero attached hydrogens (tertiary/aromatic N) is 2. The van der Waals surface area contributed by atoms with Crippen molar-refractivity contribution in [2.45, 2.75) is 46.1 Å². The molecule has 1 saturated heterocycles. The van der Waals surface area contributed by atoms with E-state index in [0.29, 0.717) is 5.41 Å². The summed E-state index contributed by atoms with van der Waals surface area (Å²) in [4.78, 5) is 10.2. The summed E-state index contributed by atoms with van der Waals surface area (Å²) in [5, 5.41) is 4.88. The van der Waals surface area contributed by atoms with Crippen LogP contribution < -0.4 is 5.32 Å². The van der Waals surface area contributed by atoms with Crippen molar-refractivity contribution in [1.82, 2.24) is 15.2 Å². The average Bonchev–Trinajstić information content (AvgIpc) is 2.97. The Morgan fingerprint density at radius 3 is 2.60 bits per heavy atom. The molecule has 0 spiro atoms. The van der Waals surface area contributed by atoms with Crippen molar-refractivity contribution in [2.24, 2.45) is 10.4 Å². The van der Waals surface area contributed by atoms with Crippen molar-refractivity contribution in [1.29, 1.82) is 0 Å². The fraction of sp³-hybridized carbons (Fsp3) is 0.550. The quantitative estimate of drug-likeness (QED) is 0.311. The summed E-state index contributed by atoms with van der Waals surface area (Å²) < 4.78 is 0. The lowest BCUT2D eigenvalue weighted by molar-refractivity contribution is -0.0667. The van der Waals surface area contributed by atoms with E-state index >= 15 is 0 Å². The molecule has 0 saturated carbocycles. The van der Waals surface area contributed by atoms with Gasteiger partial charge in [0.25, 0.3) is 0 Å². The molecule has 0 aliphatic carbocycles. The van der Waals surface area contributed by atoms with Crippen LogP contribution in [-0.2, 0) is 6.42 Å². The molecule has 4 nitrogen and oxygen atoms in total. The number of likely N-dealkylation sites (tertiary alicyclic amines) is 1. The first-order valence-corrected chi connectivity index (χ1v) is 8.90. The van der Waals surface area contributed by atoms with Gasteiger partial charge in [-0.3, -0.25) is 4.99 Å². The number of aromatic nitrogens is 1. The molecule has 5 heteroatoms. The van der Waals surface area contributed by atoms with Gasteiger partial charge in [-0.1, -0.05) is 32.0 Å². The molecule has 2 N–H and O–H groups in total. The van der Waals surface area contributed by atoms with Crippen LogP contribution in [0.4, 0.5) is 0 Å². The average molecular weight is 454 g/mol. The minimum absolute atomic E-state index is 0. The van der Waals surface area contributed by atoms with Crippen LogP contribution >= 0.6 is 24.0 Å². The zero-order valence-electron chi connectivity index (χ0n) is 16.0. The minimum Gasteiger partial charge on any atom is -0.361 e. The molecule has 25 heavy (non-hydrogen) atoms. The first-order chi connectivity index (χ1) is 11.4. The third-order valence-corrected chi connectivity index (χ3v) is 5.93. The number of halogens is 1. The van der Waals surface area contributed by atoms with E-state index in [1.54, 1.807) is 0 Å². The van der Waals surface area contributed by atoms with E-state index in [1.807, 2.05) is 7.05 Å². The highest BCUT2D eigenvalue weighted by atomic mass is 127. The standard InChI is InChI=1S/C20H30N4.HI/c1-19(2)14-24(20(19,3)4)18(21-5)22-12-8-9-15-13-23-17-11-7-6-10-16(15)17;/h6-7,10-11,13,23H,8-9,12,14H2,1-5H3,(H,21,22);1H. The first kappa shape index (κ1) is 20.1. The van der Waals surface area contributed by atoms with E-state index in [2.05, 4.69) is 78.4 Å². The van der Waals surface area contributed by atoms with Crippen LogP contribution in [0.25, 0.3) is 10.9 Å². The van der Waals surface area contributed by atoms with Crippen molar-refractivity contribution >= 4 is 40.8 Å². The van der Waals surface area contributed by atoms with Gasteiger partial charge < -0.3 is 15.2 Å². The maximum atomic E-state index is 4.48. The molecule has 1 aliphatic rings. The molecule has 1 aromatic heterocycles. The number of fused-ring (bicyclic) bond motifs is 1. The summed E-state index contributed by atoms with van der Waals surface area (Å²) in [6.07, 6.45) is 4.31. The Morgan fingerprint density at radius 2 is 1.96 bits per heavy atom. The van der Waals surface area contributed by atoms with Gasteiger partial charge in [-0.05, 0) is 38.3 Å². The van der Waals surface area contributed by atoms with Crippen molar-refractivity contribution in [3.8, 4) is 0 Å². The molecule has 0 unspecified atom stereocenters. The molecule has 2 heterocycles. The van der Waals surface area contributed by atoms with Gasteiger partial charge in [0.15, 0.2) is 5.96 Å². The van der Waals surface area contributed by atoms with Gasteiger partial charge in [-0.2, -0.15) is 0 Å². The highest BCUT2D eigenvalue weighted by Crippen LogP contribution is 2.46. The van der Waals surface area contributed by atoms with E-state index in [1.165, 1.54) is 16.5 Å². The molecular weight excluding hydrogens is 423 g/mol. The lowest BCUT2D eigenvalue weighted by atomic mass is 9.65. The smallest absolute Gasteiger partial charge is 0.194 e. The largest absolute Gasteiger partial charge is 0.361 e. The summed E-state index contributed by atoms with van der Waals surface area (Å²) >= 11 is 0. The first-order valence-electron chi connectivity index (χ1n) is 8.90. The summed E-state index contributed by atoms with van der Waals surface area (Å²) in [5.41, 5.74) is 3.09. The lowest BCUT2D eigenvalue weighted by Crippen LogP contribution is -2.72. The molecule has 138 valence electrons. The Labute approximate surface area is 168 Å². The molecule has 0 bridgehead atoms. The summed E-state index contributed by atoms with van der Waals surface area (Å²) in [6.45, 7) is 11.3. The van der Waals surface area contributed by atoms with Gasteiger partial charge >= 0.3 is 0 Å². The molecule has 1 aromatic carbocycles. The number of hydrogen-bond donors (Lipinski definition) is 2. The normalized spacial score (nSPS) is 18.6. The van der Waals surface area contributed by atoms with Crippen LogP contribution in [-0.4, -0.2) is 41.5 Å². The Bertz CT molecular complexity index is 745. The molecule has 1 aliphatic heterocycles. The number of aryl methyl sites for hydroxylation is 1. The fourth-order valence-electron chi connectivity index (χ4n) is 3.51. The summed E-state index contributed by atoms with van der Waals surface area (Å²) in [5.74, 6) is 1.03. The molecule has 3 rings (SSSR count). The molecule has 0 atom stereocenters. The number of nitrogens with one attached hydrogen (secondary N) is 2. The zero-order valence-corrected chi connectivity index (χ0v) is 18.3. The van der Waals surface area contributed by atoms with E-state index in [9.17, 15) is 0 Å². The molecule has 1 fully saturated rings. The van der Waals surface area contributed by atoms with Crippen LogP contribution in [0.2, 0.25) is 0 Å². The van der Waals surface area contributed by atoms with Gasteiger partial charge in [0, 0.05) is 48.2 Å². The van der Waals surface area contributed by atoms with Crippen molar-refractivity contribution in [3.63, 3.8) is 0 Å². The number of aliphatic imine (C=N–C) groups is 1. The lowest BCUT2D eigenvalue weighted by Gasteiger charge is -2.62. The van der Waals surface area contributed by atoms with Gasteiger partial charge in [0.1, 0.15) is 0 Å². The SMILES string of the molecule is CN=C(NCCCc1c[nH]c2ccccc12)N1CC(C)(C)C1(C)C.I. The highest BCUT2D eigenvalue weighted by Gasteiger charge is 2.53. The minimum atomic E-state index is 0. The molecular formula is C20H31IN4. The van der Waals surface area contributed by atoms with Crippen molar-refractivity contribution < 1.29 is 0 Å². The second-order valence-electron chi connectivity index (χ2n) is 7.97. The Balaban J connectivity index is 0.00000225.